The Morgan fingerprint density at radius 1 is 0.472 bits per heavy atom. The van der Waals surface area contributed by atoms with Crippen LogP contribution in [0.25, 0.3) is 49.9 Å². The topological polar surface area (TPSA) is 33.5 Å². The summed E-state index contributed by atoms with van der Waals surface area (Å²) >= 11 is 0. The number of nitrogens with zero attached hydrogens (tertiary/aromatic N) is 4. The fourth-order valence-electron chi connectivity index (χ4n) is 10.3. The van der Waals surface area contributed by atoms with E-state index in [-0.39, 0.29) is 21.7 Å². The van der Waals surface area contributed by atoms with Crippen LogP contribution in [-0.2, 0) is 28.1 Å². The molecule has 0 spiro atoms. The number of hydrogen-bond donors (Lipinski definition) is 0. The quantitative estimate of drug-likeness (QED) is 0.137. The first-order chi connectivity index (χ1) is 34.2. The maximum Gasteiger partial charge on any atom is 0.137 e. The van der Waals surface area contributed by atoms with Gasteiger partial charge in [0.05, 0.1) is 29.1 Å². The molecular formula is C67H72N4O. The van der Waals surface area contributed by atoms with Crippen molar-refractivity contribution in [1.29, 1.82) is 0 Å². The Hall–Kier alpha value is -7.11. The maximum atomic E-state index is 6.83. The molecule has 5 heteroatoms. The van der Waals surface area contributed by atoms with Crippen molar-refractivity contribution >= 4 is 38.9 Å². The van der Waals surface area contributed by atoms with Crippen LogP contribution in [-0.4, -0.2) is 22.8 Å². The molecule has 0 aliphatic carbocycles. The number of pyridine rings is 1. The summed E-state index contributed by atoms with van der Waals surface area (Å²) in [4.78, 5) is 9.94. The minimum atomic E-state index is -0.0255. The van der Waals surface area contributed by atoms with E-state index in [0.29, 0.717) is 0 Å². The minimum absolute atomic E-state index is 0.0255. The number of fused-ring (bicyclic) bond motifs is 4. The van der Waals surface area contributed by atoms with Crippen molar-refractivity contribution in [3.05, 3.63) is 198 Å². The zero-order chi connectivity index (χ0) is 50.7. The van der Waals surface area contributed by atoms with Gasteiger partial charge in [-0.05, 0) is 145 Å². The minimum Gasteiger partial charge on any atom is -0.457 e. The SMILES string of the molecule is CC(C)(C)c1cc(-c2ccc(C(C)(C)C)cc2CCCN2CN(c3cccc(Oc4ccc5c6cc(-c7ccccc7)ccc6n(-c6cc(C(C)(C)C)ccn6)c5c4)c3)c3ccccc32)cc(C(C)(C)C)c1. The number of anilines is 3. The molecule has 0 radical (unpaired) electrons. The van der Waals surface area contributed by atoms with E-state index < -0.39 is 0 Å². The third kappa shape index (κ3) is 9.79. The number of aryl methyl sites for hydroxylation is 1. The number of aromatic nitrogens is 2. The smallest absolute Gasteiger partial charge is 0.137 e. The second-order valence-corrected chi connectivity index (χ2v) is 24.2. The Morgan fingerprint density at radius 3 is 1.85 bits per heavy atom. The van der Waals surface area contributed by atoms with Gasteiger partial charge in [0.25, 0.3) is 0 Å². The van der Waals surface area contributed by atoms with Gasteiger partial charge < -0.3 is 14.5 Å². The molecule has 0 saturated heterocycles. The van der Waals surface area contributed by atoms with Gasteiger partial charge >= 0.3 is 0 Å². The van der Waals surface area contributed by atoms with Gasteiger partial charge in [-0.2, -0.15) is 0 Å². The highest BCUT2D eigenvalue weighted by molar-refractivity contribution is 6.10. The summed E-state index contributed by atoms with van der Waals surface area (Å²) < 4.78 is 9.13. The lowest BCUT2D eigenvalue weighted by Crippen LogP contribution is -2.29. The van der Waals surface area contributed by atoms with Gasteiger partial charge in [0.15, 0.2) is 0 Å². The van der Waals surface area contributed by atoms with E-state index in [1.54, 1.807) is 0 Å². The van der Waals surface area contributed by atoms with Gasteiger partial charge in [0.2, 0.25) is 0 Å². The summed E-state index contributed by atoms with van der Waals surface area (Å²) in [6.07, 6.45) is 3.95. The summed E-state index contributed by atoms with van der Waals surface area (Å²) in [6.45, 7) is 29.4. The van der Waals surface area contributed by atoms with Crippen LogP contribution >= 0.6 is 0 Å². The van der Waals surface area contributed by atoms with E-state index in [1.165, 1.54) is 66.8 Å². The zero-order valence-corrected chi connectivity index (χ0v) is 44.7. The number of rotatable bonds is 10. The highest BCUT2D eigenvalue weighted by atomic mass is 16.5. The van der Waals surface area contributed by atoms with E-state index in [1.807, 2.05) is 6.20 Å². The Bertz CT molecular complexity index is 3410. The normalized spacial score (nSPS) is 13.3. The van der Waals surface area contributed by atoms with Crippen molar-refractivity contribution in [2.24, 2.45) is 0 Å². The summed E-state index contributed by atoms with van der Waals surface area (Å²) in [5.41, 5.74) is 17.7. The molecule has 0 amide bonds. The number of para-hydroxylation sites is 2. The van der Waals surface area contributed by atoms with Crippen LogP contribution < -0.4 is 14.5 Å². The molecule has 10 rings (SSSR count). The third-order valence-electron chi connectivity index (χ3n) is 14.7. The molecule has 5 nitrogen and oxygen atoms in total. The average Bonchev–Trinajstić information content (AvgIpc) is 3.88. The number of ether oxygens (including phenoxy) is 1. The molecule has 0 unspecified atom stereocenters. The number of benzene rings is 7. The van der Waals surface area contributed by atoms with Crippen molar-refractivity contribution < 1.29 is 4.74 Å². The molecule has 0 atom stereocenters. The molecule has 1 aliphatic rings. The van der Waals surface area contributed by atoms with Gasteiger partial charge in [-0.3, -0.25) is 4.57 Å². The summed E-state index contributed by atoms with van der Waals surface area (Å²) in [5, 5.41) is 2.34. The van der Waals surface area contributed by atoms with E-state index >= 15 is 0 Å². The number of hydrogen-bond acceptors (Lipinski definition) is 4. The van der Waals surface area contributed by atoms with Crippen LogP contribution in [0.5, 0.6) is 11.5 Å². The Balaban J connectivity index is 0.932. The highest BCUT2D eigenvalue weighted by Crippen LogP contribution is 2.44. The van der Waals surface area contributed by atoms with Gasteiger partial charge in [-0.25, -0.2) is 4.98 Å². The summed E-state index contributed by atoms with van der Waals surface area (Å²) in [6, 6.07) is 60.2. The molecule has 0 fully saturated rings. The van der Waals surface area contributed by atoms with Crippen LogP contribution in [0.2, 0.25) is 0 Å². The average molecular weight is 949 g/mol. The standard InChI is InChI=1S/C67H72N4O/c1-64(2,3)49-28-30-56(48-37-51(66(7,8)9)40-52(38-48)67(10,11)12)47(36-49)22-19-35-69-44-70(61-26-17-16-25-60(61)69)53-23-18-24-54(42-53)72-55-29-31-57-58-39-46(45-20-14-13-15-21-45)27-32-59(58)71(62(57)43-55)63-41-50(33-34-68-63)65(4,5)6/h13-18,20-21,23-34,36-43H,19,22,35,44H2,1-12H3. The van der Waals surface area contributed by atoms with Gasteiger partial charge in [0.1, 0.15) is 17.3 Å². The first-order valence-corrected chi connectivity index (χ1v) is 26.0. The fraction of sp³-hybridized carbons (Fsp3) is 0.299. The molecule has 2 aromatic heterocycles. The zero-order valence-electron chi connectivity index (χ0n) is 44.7. The molecule has 1 aliphatic heterocycles. The Morgan fingerprint density at radius 2 is 1.14 bits per heavy atom. The van der Waals surface area contributed by atoms with Gasteiger partial charge in [-0.15, -0.1) is 0 Å². The summed E-state index contributed by atoms with van der Waals surface area (Å²) in [7, 11) is 0. The van der Waals surface area contributed by atoms with Crippen LogP contribution in [0.4, 0.5) is 17.1 Å². The van der Waals surface area contributed by atoms with Crippen molar-refractivity contribution in [3.63, 3.8) is 0 Å². The third-order valence-corrected chi connectivity index (χ3v) is 14.7. The second-order valence-electron chi connectivity index (χ2n) is 24.2. The van der Waals surface area contributed by atoms with E-state index in [2.05, 4.69) is 261 Å². The van der Waals surface area contributed by atoms with E-state index in [9.17, 15) is 0 Å². The van der Waals surface area contributed by atoms with Crippen molar-refractivity contribution in [2.45, 2.75) is 118 Å². The predicted octanol–water partition coefficient (Wildman–Crippen LogP) is 18.0. The Kier molecular flexibility index (Phi) is 12.5. The largest absolute Gasteiger partial charge is 0.457 e. The molecule has 366 valence electrons. The van der Waals surface area contributed by atoms with Gasteiger partial charge in [-0.1, -0.05) is 174 Å². The Labute approximate surface area is 429 Å². The van der Waals surface area contributed by atoms with Crippen molar-refractivity contribution in [2.75, 3.05) is 23.0 Å². The fourth-order valence-corrected chi connectivity index (χ4v) is 10.3. The first-order valence-electron chi connectivity index (χ1n) is 26.0. The molecule has 9 aromatic rings. The lowest BCUT2D eigenvalue weighted by atomic mass is 9.78. The molecule has 0 N–H and O–H groups in total. The molecular weight excluding hydrogens is 877 g/mol. The molecule has 0 bridgehead atoms. The van der Waals surface area contributed by atoms with Crippen LogP contribution in [0.3, 0.4) is 0 Å². The van der Waals surface area contributed by atoms with Gasteiger partial charge in [0, 0.05) is 41.3 Å². The van der Waals surface area contributed by atoms with E-state index in [4.69, 9.17) is 9.72 Å². The maximum absolute atomic E-state index is 6.83. The van der Waals surface area contributed by atoms with E-state index in [0.717, 1.165) is 65.5 Å². The van der Waals surface area contributed by atoms with Crippen molar-refractivity contribution in [3.8, 4) is 39.6 Å². The lowest BCUT2D eigenvalue weighted by Gasteiger charge is -2.27. The molecule has 72 heavy (non-hydrogen) atoms. The second kappa shape index (κ2) is 18.5. The van der Waals surface area contributed by atoms with Crippen LogP contribution in [0.1, 0.15) is 117 Å². The predicted molar refractivity (Wildman–Crippen MR) is 306 cm³/mol. The summed E-state index contributed by atoms with van der Waals surface area (Å²) in [5.74, 6) is 2.46. The van der Waals surface area contributed by atoms with Crippen LogP contribution in [0.15, 0.2) is 170 Å². The lowest BCUT2D eigenvalue weighted by molar-refractivity contribution is 0.483. The van der Waals surface area contributed by atoms with Crippen molar-refractivity contribution in [1.82, 2.24) is 9.55 Å². The first kappa shape index (κ1) is 48.5. The monoisotopic (exact) mass is 949 g/mol. The molecule has 0 saturated carbocycles. The highest BCUT2D eigenvalue weighted by Gasteiger charge is 2.28. The molecule has 7 aromatic carbocycles. The van der Waals surface area contributed by atoms with Crippen LogP contribution in [0, 0.1) is 0 Å². The molecule has 3 heterocycles.